The molecule has 2 aromatic carbocycles. The highest BCUT2D eigenvalue weighted by Gasteiger charge is 2.46. The van der Waals surface area contributed by atoms with Gasteiger partial charge in [0.1, 0.15) is 23.1 Å². The van der Waals surface area contributed by atoms with Crippen molar-refractivity contribution in [1.29, 1.82) is 0 Å². The second kappa shape index (κ2) is 8.47. The molecule has 0 bridgehead atoms. The summed E-state index contributed by atoms with van der Waals surface area (Å²) in [7, 11) is 0. The molecule has 0 saturated carbocycles. The summed E-state index contributed by atoms with van der Waals surface area (Å²) in [5.74, 6) is -1.36. The van der Waals surface area contributed by atoms with Gasteiger partial charge in [0.05, 0.1) is 31.0 Å². The standard InChI is InChI=1S/C24H20FNO5/c1-2-30-18-6-3-5-16(13-18)22(27)20-21(15-8-10-17(25)11-9-15)26(24(29)23(20)28)14-19-7-4-12-31-19/h3-13,21,27H,2,14H2,1H3/b22-20+. The third-order valence-corrected chi connectivity index (χ3v) is 5.05. The van der Waals surface area contributed by atoms with Crippen molar-refractivity contribution in [3.8, 4) is 5.75 Å². The number of ether oxygens (including phenoxy) is 1. The van der Waals surface area contributed by atoms with Crippen LogP contribution in [0.25, 0.3) is 5.76 Å². The Kier molecular flexibility index (Phi) is 5.58. The van der Waals surface area contributed by atoms with Gasteiger partial charge in [0.15, 0.2) is 0 Å². The zero-order valence-electron chi connectivity index (χ0n) is 16.7. The van der Waals surface area contributed by atoms with Crippen LogP contribution in [0.1, 0.15) is 29.9 Å². The second-order valence-corrected chi connectivity index (χ2v) is 7.02. The predicted molar refractivity (Wildman–Crippen MR) is 111 cm³/mol. The minimum atomic E-state index is -0.901. The molecular formula is C24H20FNO5. The molecule has 7 heteroatoms. The third-order valence-electron chi connectivity index (χ3n) is 5.05. The summed E-state index contributed by atoms with van der Waals surface area (Å²) in [6.45, 7) is 2.30. The van der Waals surface area contributed by atoms with Crippen LogP contribution in [0.15, 0.2) is 76.9 Å². The summed E-state index contributed by atoms with van der Waals surface area (Å²) < 4.78 is 24.3. The topological polar surface area (TPSA) is 80.0 Å². The van der Waals surface area contributed by atoms with Crippen molar-refractivity contribution in [1.82, 2.24) is 4.90 Å². The number of Topliss-reactive ketones (excluding diaryl/α,β-unsaturated/α-hetero) is 1. The summed E-state index contributed by atoms with van der Waals surface area (Å²) >= 11 is 0. The number of halogens is 1. The molecule has 1 aliphatic heterocycles. The molecule has 31 heavy (non-hydrogen) atoms. The van der Waals surface area contributed by atoms with E-state index in [2.05, 4.69) is 0 Å². The Hall–Kier alpha value is -3.87. The Morgan fingerprint density at radius 3 is 2.58 bits per heavy atom. The van der Waals surface area contributed by atoms with Crippen LogP contribution >= 0.6 is 0 Å². The van der Waals surface area contributed by atoms with Gasteiger partial charge in [0, 0.05) is 5.56 Å². The SMILES string of the molecule is CCOc1cccc(/C(O)=C2\C(=O)C(=O)N(Cc3ccco3)C2c2ccc(F)cc2)c1. The summed E-state index contributed by atoms with van der Waals surface area (Å²) in [6, 6.07) is 14.6. The Morgan fingerprint density at radius 1 is 1.13 bits per heavy atom. The lowest BCUT2D eigenvalue weighted by atomic mass is 9.95. The lowest BCUT2D eigenvalue weighted by Gasteiger charge is -2.24. The molecule has 1 amide bonds. The van der Waals surface area contributed by atoms with Gasteiger partial charge in [-0.15, -0.1) is 0 Å². The zero-order valence-corrected chi connectivity index (χ0v) is 16.7. The largest absolute Gasteiger partial charge is 0.507 e. The Balaban J connectivity index is 1.84. The molecule has 1 saturated heterocycles. The molecule has 0 radical (unpaired) electrons. The van der Waals surface area contributed by atoms with Crippen LogP contribution in [-0.4, -0.2) is 28.3 Å². The van der Waals surface area contributed by atoms with Crippen molar-refractivity contribution in [2.24, 2.45) is 0 Å². The number of benzene rings is 2. The van der Waals surface area contributed by atoms with Gasteiger partial charge in [-0.3, -0.25) is 9.59 Å². The molecule has 3 aromatic rings. The number of aliphatic hydroxyl groups is 1. The van der Waals surface area contributed by atoms with E-state index in [9.17, 15) is 19.1 Å². The van der Waals surface area contributed by atoms with Crippen LogP contribution in [0.4, 0.5) is 4.39 Å². The Labute approximate surface area is 178 Å². The fourth-order valence-electron chi connectivity index (χ4n) is 3.66. The Morgan fingerprint density at radius 2 is 1.90 bits per heavy atom. The van der Waals surface area contributed by atoms with Gasteiger partial charge in [-0.25, -0.2) is 4.39 Å². The van der Waals surface area contributed by atoms with Crippen LogP contribution in [0.5, 0.6) is 5.75 Å². The van der Waals surface area contributed by atoms with Gasteiger partial charge in [-0.1, -0.05) is 24.3 Å². The van der Waals surface area contributed by atoms with Gasteiger partial charge in [0.25, 0.3) is 11.7 Å². The summed E-state index contributed by atoms with van der Waals surface area (Å²) in [4.78, 5) is 27.2. The van der Waals surface area contributed by atoms with Crippen LogP contribution in [0, 0.1) is 5.82 Å². The number of amides is 1. The van der Waals surface area contributed by atoms with E-state index in [0.717, 1.165) is 0 Å². The first kappa shape index (κ1) is 20.4. The van der Waals surface area contributed by atoms with Gasteiger partial charge in [0.2, 0.25) is 0 Å². The number of furan rings is 1. The molecule has 158 valence electrons. The molecule has 1 fully saturated rings. The maximum absolute atomic E-state index is 13.5. The van der Waals surface area contributed by atoms with Gasteiger partial charge in [-0.2, -0.15) is 0 Å². The molecule has 4 rings (SSSR count). The van der Waals surface area contributed by atoms with E-state index in [4.69, 9.17) is 9.15 Å². The highest BCUT2D eigenvalue weighted by atomic mass is 19.1. The lowest BCUT2D eigenvalue weighted by Crippen LogP contribution is -2.29. The predicted octanol–water partition coefficient (Wildman–Crippen LogP) is 4.44. The molecule has 1 aliphatic rings. The highest BCUT2D eigenvalue weighted by Crippen LogP contribution is 2.40. The molecule has 1 aromatic heterocycles. The van der Waals surface area contributed by atoms with E-state index in [0.29, 0.717) is 29.2 Å². The van der Waals surface area contributed by atoms with Crippen molar-refractivity contribution in [2.75, 3.05) is 6.61 Å². The Bertz CT molecular complexity index is 1140. The van der Waals surface area contributed by atoms with Crippen LogP contribution in [0.2, 0.25) is 0 Å². The van der Waals surface area contributed by atoms with E-state index < -0.39 is 23.5 Å². The van der Waals surface area contributed by atoms with Crippen molar-refractivity contribution in [2.45, 2.75) is 19.5 Å². The van der Waals surface area contributed by atoms with Crippen molar-refractivity contribution < 1.29 is 28.2 Å². The number of carbonyl (C=O) groups excluding carboxylic acids is 2. The zero-order chi connectivity index (χ0) is 22.0. The number of nitrogens with zero attached hydrogens (tertiary/aromatic N) is 1. The van der Waals surface area contributed by atoms with Crippen molar-refractivity contribution >= 4 is 17.4 Å². The van der Waals surface area contributed by atoms with Crippen molar-refractivity contribution in [3.63, 3.8) is 0 Å². The summed E-state index contributed by atoms with van der Waals surface area (Å²) in [6.07, 6.45) is 1.47. The maximum atomic E-state index is 13.5. The maximum Gasteiger partial charge on any atom is 0.296 e. The number of aliphatic hydroxyl groups excluding tert-OH is 1. The molecule has 0 aliphatic carbocycles. The fraction of sp³-hybridized carbons (Fsp3) is 0.167. The number of likely N-dealkylation sites (tertiary alicyclic amines) is 1. The van der Waals surface area contributed by atoms with E-state index in [1.165, 1.54) is 35.4 Å². The second-order valence-electron chi connectivity index (χ2n) is 7.02. The number of hydrogen-bond donors (Lipinski definition) is 1. The number of ketones is 1. The number of rotatable bonds is 6. The van der Waals surface area contributed by atoms with Gasteiger partial charge >= 0.3 is 0 Å². The fourth-order valence-corrected chi connectivity index (χ4v) is 3.66. The van der Waals surface area contributed by atoms with Crippen LogP contribution in [0.3, 0.4) is 0 Å². The minimum Gasteiger partial charge on any atom is -0.507 e. The molecule has 2 heterocycles. The highest BCUT2D eigenvalue weighted by molar-refractivity contribution is 6.46. The molecule has 1 N–H and O–H groups in total. The molecule has 1 unspecified atom stereocenters. The van der Waals surface area contributed by atoms with E-state index in [-0.39, 0.29) is 17.9 Å². The molecule has 6 nitrogen and oxygen atoms in total. The van der Waals surface area contributed by atoms with Crippen LogP contribution < -0.4 is 4.74 Å². The molecule has 1 atom stereocenters. The minimum absolute atomic E-state index is 0.0232. The third kappa shape index (κ3) is 3.94. The van der Waals surface area contributed by atoms with Gasteiger partial charge < -0.3 is 19.2 Å². The van der Waals surface area contributed by atoms with E-state index in [1.54, 1.807) is 36.4 Å². The first-order valence-electron chi connectivity index (χ1n) is 9.79. The lowest BCUT2D eigenvalue weighted by molar-refractivity contribution is -0.140. The molecular weight excluding hydrogens is 401 g/mol. The number of carbonyl (C=O) groups is 2. The monoisotopic (exact) mass is 421 g/mol. The quantitative estimate of drug-likeness (QED) is 0.362. The molecule has 0 spiro atoms. The van der Waals surface area contributed by atoms with Gasteiger partial charge in [-0.05, 0) is 48.9 Å². The first-order chi connectivity index (χ1) is 15.0. The van der Waals surface area contributed by atoms with E-state index in [1.807, 2.05) is 6.92 Å². The van der Waals surface area contributed by atoms with Crippen molar-refractivity contribution in [3.05, 3.63) is 95.2 Å². The first-order valence-corrected chi connectivity index (χ1v) is 9.79. The summed E-state index contributed by atoms with van der Waals surface area (Å²) in [5, 5.41) is 11.1. The average molecular weight is 421 g/mol. The normalized spacial score (nSPS) is 17.9. The smallest absolute Gasteiger partial charge is 0.296 e. The van der Waals surface area contributed by atoms with E-state index >= 15 is 0 Å². The summed E-state index contributed by atoms with van der Waals surface area (Å²) in [5.41, 5.74) is 0.764. The van der Waals surface area contributed by atoms with Crippen LogP contribution in [-0.2, 0) is 16.1 Å². The average Bonchev–Trinajstić information content (AvgIpc) is 3.37. The number of hydrogen-bond acceptors (Lipinski definition) is 5.